The summed E-state index contributed by atoms with van der Waals surface area (Å²) in [7, 11) is 0. The summed E-state index contributed by atoms with van der Waals surface area (Å²) in [5.41, 5.74) is 5.66. The van der Waals surface area contributed by atoms with Crippen LogP contribution in [0.25, 0.3) is 0 Å². The molecule has 0 bridgehead atoms. The molecular weight excluding hydrogens is 229 g/mol. The molecule has 0 aliphatic carbocycles. The van der Waals surface area contributed by atoms with Crippen molar-refractivity contribution >= 4 is 23.0 Å². The summed E-state index contributed by atoms with van der Waals surface area (Å²) in [6.07, 6.45) is 1.04. The molecule has 0 aromatic carbocycles. The maximum absolute atomic E-state index is 5.66. The molecule has 0 aromatic heterocycles. The van der Waals surface area contributed by atoms with Gasteiger partial charge in [0.25, 0.3) is 0 Å². The van der Waals surface area contributed by atoms with Crippen molar-refractivity contribution in [3.63, 3.8) is 0 Å². The fourth-order valence-electron chi connectivity index (χ4n) is 0.754. The Hall–Kier alpha value is 0.650. The van der Waals surface area contributed by atoms with Crippen molar-refractivity contribution in [1.82, 2.24) is 0 Å². The van der Waals surface area contributed by atoms with Crippen LogP contribution in [0.1, 0.15) is 20.3 Å². The van der Waals surface area contributed by atoms with E-state index < -0.39 is 0 Å². The molecule has 9 heavy (non-hydrogen) atoms. The third kappa shape index (κ3) is 6.54. The van der Waals surface area contributed by atoms with E-state index in [2.05, 4.69) is 13.8 Å². The average molecular weight is 243 g/mol. The normalized spacial score (nSPS) is 14.3. The summed E-state index contributed by atoms with van der Waals surface area (Å²) >= 11 is 1.87. The summed E-state index contributed by atoms with van der Waals surface area (Å²) < 4.78 is 4.85. The fraction of sp³-hybridized carbons (Fsp3) is 1.00. The van der Waals surface area contributed by atoms with Crippen LogP contribution in [0.3, 0.4) is 0 Å². The molecule has 1 atom stereocenters. The Labute approximate surface area is 70.8 Å². The van der Waals surface area contributed by atoms with Gasteiger partial charge in [-0.1, -0.05) is 13.8 Å². The van der Waals surface area contributed by atoms with Gasteiger partial charge in [0.1, 0.15) is 23.0 Å². The molecule has 2 N–H and O–H groups in total. The Morgan fingerprint density at radius 2 is 2.11 bits per heavy atom. The van der Waals surface area contributed by atoms with Gasteiger partial charge in [0.2, 0.25) is 0 Å². The van der Waals surface area contributed by atoms with Crippen molar-refractivity contribution in [1.29, 1.82) is 0 Å². The smallest absolute Gasteiger partial charge is 0.109 e. The van der Waals surface area contributed by atoms with E-state index in [1.165, 1.54) is 0 Å². The van der Waals surface area contributed by atoms with Crippen molar-refractivity contribution in [2.45, 2.75) is 26.3 Å². The zero-order valence-corrected chi connectivity index (χ0v) is 8.09. The van der Waals surface area contributed by atoms with Crippen molar-refractivity contribution in [2.24, 2.45) is 11.7 Å². The van der Waals surface area contributed by atoms with Gasteiger partial charge in [0.05, 0.1) is 6.61 Å². The van der Waals surface area contributed by atoms with Gasteiger partial charge in [-0.15, -0.1) is 0 Å². The topological polar surface area (TPSA) is 35.2 Å². The van der Waals surface area contributed by atoms with Gasteiger partial charge in [0, 0.05) is 6.04 Å². The van der Waals surface area contributed by atoms with E-state index >= 15 is 0 Å². The van der Waals surface area contributed by atoms with Gasteiger partial charge in [-0.3, -0.25) is 0 Å². The van der Waals surface area contributed by atoms with E-state index in [9.17, 15) is 0 Å². The minimum absolute atomic E-state index is 0.210. The molecule has 0 heterocycles. The first-order valence-electron chi connectivity index (χ1n) is 3.16. The van der Waals surface area contributed by atoms with Gasteiger partial charge in [0.15, 0.2) is 0 Å². The quantitative estimate of drug-likeness (QED) is 0.763. The summed E-state index contributed by atoms with van der Waals surface area (Å²) in [6, 6.07) is 0.210. The van der Waals surface area contributed by atoms with Crippen LogP contribution < -0.4 is 5.73 Å². The lowest BCUT2D eigenvalue weighted by molar-refractivity contribution is 0.344. The Morgan fingerprint density at radius 1 is 1.56 bits per heavy atom. The minimum atomic E-state index is 0.210. The molecule has 1 unspecified atom stereocenters. The van der Waals surface area contributed by atoms with Crippen molar-refractivity contribution in [3.05, 3.63) is 0 Å². The zero-order valence-electron chi connectivity index (χ0n) is 5.93. The standard InChI is InChI=1S/C6H14INO/c1-5(2)3-6(8)4-9-7/h5-6H,3-4,8H2,1-2H3. The molecule has 2 nitrogen and oxygen atoms in total. The molecule has 0 spiro atoms. The van der Waals surface area contributed by atoms with Crippen molar-refractivity contribution in [2.75, 3.05) is 6.61 Å². The van der Waals surface area contributed by atoms with Crippen LogP contribution in [0.2, 0.25) is 0 Å². The third-order valence-corrected chi connectivity index (χ3v) is 1.41. The third-order valence-electron chi connectivity index (χ3n) is 1.05. The first kappa shape index (κ1) is 9.65. The monoisotopic (exact) mass is 243 g/mol. The minimum Gasteiger partial charge on any atom is -0.326 e. The van der Waals surface area contributed by atoms with E-state index in [4.69, 9.17) is 8.80 Å². The maximum atomic E-state index is 5.66. The average Bonchev–Trinajstić information content (AvgIpc) is 1.63. The molecule has 56 valence electrons. The molecule has 0 rings (SSSR count). The van der Waals surface area contributed by atoms with Crippen LogP contribution >= 0.6 is 23.0 Å². The van der Waals surface area contributed by atoms with Crippen molar-refractivity contribution in [3.8, 4) is 0 Å². The van der Waals surface area contributed by atoms with Crippen LogP contribution in [0.5, 0.6) is 0 Å². The van der Waals surface area contributed by atoms with Crippen LogP contribution in [0.15, 0.2) is 0 Å². The highest BCUT2D eigenvalue weighted by molar-refractivity contribution is 14.1. The molecule has 0 saturated carbocycles. The summed E-state index contributed by atoms with van der Waals surface area (Å²) in [5, 5.41) is 0. The van der Waals surface area contributed by atoms with Crippen LogP contribution in [-0.2, 0) is 3.07 Å². The lowest BCUT2D eigenvalue weighted by Gasteiger charge is -2.10. The Kier molecular flexibility index (Phi) is 5.83. The highest BCUT2D eigenvalue weighted by atomic mass is 127. The largest absolute Gasteiger partial charge is 0.326 e. The van der Waals surface area contributed by atoms with Gasteiger partial charge in [-0.2, -0.15) is 0 Å². The second-order valence-corrected chi connectivity index (χ2v) is 3.29. The van der Waals surface area contributed by atoms with E-state index in [1.807, 2.05) is 23.0 Å². The molecule has 0 saturated heterocycles. The molecule has 0 aliphatic heterocycles. The van der Waals surface area contributed by atoms with Gasteiger partial charge in [-0.25, -0.2) is 0 Å². The molecular formula is C6H14INO. The summed E-state index contributed by atoms with van der Waals surface area (Å²) in [4.78, 5) is 0. The SMILES string of the molecule is CC(C)CC(N)COI. The zero-order chi connectivity index (χ0) is 7.28. The van der Waals surface area contributed by atoms with E-state index in [-0.39, 0.29) is 6.04 Å². The molecule has 0 aromatic rings. The molecule has 0 amide bonds. The Bertz CT molecular complexity index is 68.1. The Morgan fingerprint density at radius 3 is 2.44 bits per heavy atom. The first-order chi connectivity index (χ1) is 4.16. The highest BCUT2D eigenvalue weighted by Gasteiger charge is 2.03. The molecule has 0 radical (unpaired) electrons. The molecule has 0 fully saturated rings. The lowest BCUT2D eigenvalue weighted by atomic mass is 10.1. The molecule has 0 aliphatic rings. The lowest BCUT2D eigenvalue weighted by Crippen LogP contribution is -2.26. The van der Waals surface area contributed by atoms with Gasteiger partial charge in [-0.05, 0) is 12.3 Å². The number of nitrogens with two attached hydrogens (primary N) is 1. The first-order valence-corrected chi connectivity index (χ1v) is 4.04. The number of hydrogen-bond donors (Lipinski definition) is 1. The highest BCUT2D eigenvalue weighted by Crippen LogP contribution is 2.03. The fourth-order valence-corrected chi connectivity index (χ4v) is 1.22. The molecule has 3 heteroatoms. The van der Waals surface area contributed by atoms with Crippen LogP contribution in [0.4, 0.5) is 0 Å². The number of hydrogen-bond acceptors (Lipinski definition) is 2. The predicted octanol–water partition coefficient (Wildman–Crippen LogP) is 1.73. The van der Waals surface area contributed by atoms with E-state index in [0.717, 1.165) is 6.42 Å². The second-order valence-electron chi connectivity index (χ2n) is 2.67. The Balaban J connectivity index is 3.15. The van der Waals surface area contributed by atoms with Gasteiger partial charge < -0.3 is 8.80 Å². The second kappa shape index (κ2) is 5.44. The van der Waals surface area contributed by atoms with Crippen LogP contribution in [0, 0.1) is 5.92 Å². The number of rotatable bonds is 4. The predicted molar refractivity (Wildman–Crippen MR) is 47.4 cm³/mol. The van der Waals surface area contributed by atoms with E-state index in [0.29, 0.717) is 12.5 Å². The number of halogens is 1. The van der Waals surface area contributed by atoms with Crippen LogP contribution in [-0.4, -0.2) is 12.6 Å². The maximum Gasteiger partial charge on any atom is 0.109 e. The summed E-state index contributed by atoms with van der Waals surface area (Å²) in [5.74, 6) is 0.673. The summed E-state index contributed by atoms with van der Waals surface area (Å²) in [6.45, 7) is 4.98. The van der Waals surface area contributed by atoms with Gasteiger partial charge >= 0.3 is 0 Å². The van der Waals surface area contributed by atoms with E-state index in [1.54, 1.807) is 0 Å². The van der Waals surface area contributed by atoms with Crippen molar-refractivity contribution < 1.29 is 3.07 Å².